The van der Waals surface area contributed by atoms with Gasteiger partial charge in [0.1, 0.15) is 5.75 Å². The van der Waals surface area contributed by atoms with Crippen molar-refractivity contribution >= 4 is 5.78 Å². The fourth-order valence-corrected chi connectivity index (χ4v) is 3.00. The van der Waals surface area contributed by atoms with E-state index in [-0.39, 0.29) is 12.4 Å². The molecule has 0 aromatic heterocycles. The van der Waals surface area contributed by atoms with Gasteiger partial charge in [0, 0.05) is 0 Å². The summed E-state index contributed by atoms with van der Waals surface area (Å²) in [5.41, 5.74) is 5.83. The van der Waals surface area contributed by atoms with Crippen LogP contribution in [0.3, 0.4) is 0 Å². The average Bonchev–Trinajstić information content (AvgIpc) is 3.24. The maximum atomic E-state index is 11.9. The normalized spacial score (nSPS) is 16.9. The molecule has 0 N–H and O–H groups in total. The van der Waals surface area contributed by atoms with Crippen molar-refractivity contribution in [1.29, 1.82) is 0 Å². The topological polar surface area (TPSA) is 26.3 Å². The van der Waals surface area contributed by atoms with Crippen molar-refractivity contribution in [1.82, 2.24) is 0 Å². The number of ether oxygens (including phenoxy) is 1. The second-order valence-corrected chi connectivity index (χ2v) is 5.74. The molecule has 0 radical (unpaired) electrons. The van der Waals surface area contributed by atoms with Crippen LogP contribution < -0.4 is 4.74 Å². The van der Waals surface area contributed by atoms with Crippen LogP contribution in [0.1, 0.15) is 40.2 Å². The summed E-state index contributed by atoms with van der Waals surface area (Å²) in [7, 11) is 0. The largest absolute Gasteiger partial charge is 0.485 e. The van der Waals surface area contributed by atoms with Gasteiger partial charge in [0.2, 0.25) is 5.78 Å². The first-order valence-electron chi connectivity index (χ1n) is 7.14. The molecule has 0 unspecified atom stereocenters. The maximum Gasteiger partial charge on any atom is 0.203 e. The van der Waals surface area contributed by atoms with Gasteiger partial charge < -0.3 is 4.74 Å². The number of benzene rings is 2. The molecule has 0 bridgehead atoms. The van der Waals surface area contributed by atoms with E-state index in [1.807, 2.05) is 0 Å². The van der Waals surface area contributed by atoms with Crippen molar-refractivity contribution in [2.75, 3.05) is 6.61 Å². The molecule has 0 amide bonds. The zero-order chi connectivity index (χ0) is 13.7. The molecule has 1 saturated carbocycles. The van der Waals surface area contributed by atoms with E-state index < -0.39 is 0 Å². The Hall–Kier alpha value is -2.09. The van der Waals surface area contributed by atoms with E-state index in [4.69, 9.17) is 4.74 Å². The first-order valence-corrected chi connectivity index (χ1v) is 7.14. The van der Waals surface area contributed by atoms with Crippen LogP contribution in [0.25, 0.3) is 11.1 Å². The summed E-state index contributed by atoms with van der Waals surface area (Å²) >= 11 is 0. The Morgan fingerprint density at radius 3 is 2.60 bits per heavy atom. The average molecular weight is 264 g/mol. The molecule has 100 valence electrons. The second kappa shape index (κ2) is 4.20. The molecule has 1 aliphatic heterocycles. The number of carbonyl (C=O) groups is 1. The summed E-state index contributed by atoms with van der Waals surface area (Å²) in [6, 6.07) is 12.5. The first kappa shape index (κ1) is 11.7. The van der Waals surface area contributed by atoms with Gasteiger partial charge in [0.05, 0.1) is 5.56 Å². The molecule has 4 rings (SSSR count). The van der Waals surface area contributed by atoms with Crippen LogP contribution in [0, 0.1) is 6.92 Å². The molecule has 1 aliphatic carbocycles. The molecular formula is C18H16O2. The lowest BCUT2D eigenvalue weighted by atomic mass is 9.91. The third-order valence-electron chi connectivity index (χ3n) is 4.26. The van der Waals surface area contributed by atoms with Crippen LogP contribution in [0.2, 0.25) is 0 Å². The minimum Gasteiger partial charge on any atom is -0.485 e. The molecule has 2 heteroatoms. The quantitative estimate of drug-likeness (QED) is 0.815. The highest BCUT2D eigenvalue weighted by Gasteiger charge is 2.31. The van der Waals surface area contributed by atoms with E-state index in [2.05, 4.69) is 43.3 Å². The van der Waals surface area contributed by atoms with Crippen molar-refractivity contribution in [3.63, 3.8) is 0 Å². The van der Waals surface area contributed by atoms with Gasteiger partial charge >= 0.3 is 0 Å². The van der Waals surface area contributed by atoms with Crippen molar-refractivity contribution in [2.24, 2.45) is 0 Å². The highest BCUT2D eigenvalue weighted by atomic mass is 16.5. The molecule has 2 aliphatic rings. The van der Waals surface area contributed by atoms with Gasteiger partial charge in [0.25, 0.3) is 0 Å². The monoisotopic (exact) mass is 264 g/mol. The van der Waals surface area contributed by atoms with Crippen molar-refractivity contribution < 1.29 is 9.53 Å². The summed E-state index contributed by atoms with van der Waals surface area (Å²) in [6.45, 7) is 2.32. The van der Waals surface area contributed by atoms with Crippen LogP contribution in [0.15, 0.2) is 36.4 Å². The van der Waals surface area contributed by atoms with E-state index >= 15 is 0 Å². The van der Waals surface area contributed by atoms with Gasteiger partial charge in [-0.05, 0) is 60.1 Å². The molecule has 0 spiro atoms. The number of ketones is 1. The number of fused-ring (bicyclic) bond motifs is 1. The fraction of sp³-hybridized carbons (Fsp3) is 0.278. The summed E-state index contributed by atoms with van der Waals surface area (Å²) in [6.07, 6.45) is 2.46. The van der Waals surface area contributed by atoms with E-state index in [1.165, 1.54) is 35.1 Å². The highest BCUT2D eigenvalue weighted by molar-refractivity contribution is 6.03. The number of hydrogen-bond acceptors (Lipinski definition) is 2. The Kier molecular flexibility index (Phi) is 2.46. The van der Waals surface area contributed by atoms with Gasteiger partial charge in [-0.3, -0.25) is 4.79 Å². The van der Waals surface area contributed by atoms with Crippen LogP contribution in [0.5, 0.6) is 5.75 Å². The molecule has 2 aromatic carbocycles. The van der Waals surface area contributed by atoms with Crippen molar-refractivity contribution in [3.05, 3.63) is 53.1 Å². The van der Waals surface area contributed by atoms with Crippen LogP contribution >= 0.6 is 0 Å². The Morgan fingerprint density at radius 2 is 1.85 bits per heavy atom. The lowest BCUT2D eigenvalue weighted by Crippen LogP contribution is -1.99. The Bertz CT molecular complexity index is 711. The lowest BCUT2D eigenvalue weighted by Gasteiger charge is -2.13. The standard InChI is InChI=1S/C18H16O2/c1-11-4-2-3-5-13(11)15-9-18-16(17(19)10-20-18)8-14(15)12-6-7-12/h2-5,8-9,12H,6-7,10H2,1H3. The van der Waals surface area contributed by atoms with E-state index in [1.54, 1.807) is 0 Å². The number of rotatable bonds is 2. The number of aryl methyl sites for hydroxylation is 1. The van der Waals surface area contributed by atoms with Gasteiger partial charge in [-0.1, -0.05) is 24.3 Å². The maximum absolute atomic E-state index is 11.9. The molecule has 0 saturated heterocycles. The third kappa shape index (κ3) is 1.75. The second-order valence-electron chi connectivity index (χ2n) is 5.74. The van der Waals surface area contributed by atoms with E-state index in [0.717, 1.165) is 11.3 Å². The predicted octanol–water partition coefficient (Wildman–Crippen LogP) is 4.11. The van der Waals surface area contributed by atoms with Crippen LogP contribution in [0.4, 0.5) is 0 Å². The summed E-state index contributed by atoms with van der Waals surface area (Å²) in [5.74, 6) is 1.47. The number of carbonyl (C=O) groups excluding carboxylic acids is 1. The summed E-state index contributed by atoms with van der Waals surface area (Å²) in [4.78, 5) is 11.9. The molecule has 2 nitrogen and oxygen atoms in total. The van der Waals surface area contributed by atoms with Gasteiger partial charge in [0.15, 0.2) is 6.61 Å². The zero-order valence-corrected chi connectivity index (χ0v) is 11.5. The number of hydrogen-bond donors (Lipinski definition) is 0. The minimum absolute atomic E-state index is 0.109. The molecule has 20 heavy (non-hydrogen) atoms. The van der Waals surface area contributed by atoms with Crippen molar-refractivity contribution in [2.45, 2.75) is 25.7 Å². The highest BCUT2D eigenvalue weighted by Crippen LogP contribution is 2.47. The fourth-order valence-electron chi connectivity index (χ4n) is 3.00. The minimum atomic E-state index is 0.109. The Labute approximate surface area is 118 Å². The molecule has 1 fully saturated rings. The Morgan fingerprint density at radius 1 is 1.05 bits per heavy atom. The first-order chi connectivity index (χ1) is 9.74. The van der Waals surface area contributed by atoms with E-state index in [0.29, 0.717) is 5.92 Å². The Balaban J connectivity index is 1.95. The summed E-state index contributed by atoms with van der Waals surface area (Å²) in [5, 5.41) is 0. The molecular weight excluding hydrogens is 248 g/mol. The third-order valence-corrected chi connectivity index (χ3v) is 4.26. The van der Waals surface area contributed by atoms with E-state index in [9.17, 15) is 4.79 Å². The number of Topliss-reactive ketones (excluding diaryl/α,β-unsaturated/α-hetero) is 1. The smallest absolute Gasteiger partial charge is 0.203 e. The lowest BCUT2D eigenvalue weighted by molar-refractivity contribution is 0.0961. The van der Waals surface area contributed by atoms with Crippen molar-refractivity contribution in [3.8, 4) is 16.9 Å². The van der Waals surface area contributed by atoms with Crippen LogP contribution in [-0.4, -0.2) is 12.4 Å². The van der Waals surface area contributed by atoms with Crippen LogP contribution in [-0.2, 0) is 0 Å². The predicted molar refractivity (Wildman–Crippen MR) is 78.4 cm³/mol. The summed E-state index contributed by atoms with van der Waals surface area (Å²) < 4.78 is 5.52. The van der Waals surface area contributed by atoms with Gasteiger partial charge in [-0.2, -0.15) is 0 Å². The molecule has 0 atom stereocenters. The van der Waals surface area contributed by atoms with Gasteiger partial charge in [-0.25, -0.2) is 0 Å². The SMILES string of the molecule is Cc1ccccc1-c1cc2c(cc1C1CC1)C(=O)CO2. The zero-order valence-electron chi connectivity index (χ0n) is 11.5. The molecule has 1 heterocycles. The molecule has 2 aromatic rings. The van der Waals surface area contributed by atoms with Gasteiger partial charge in [-0.15, -0.1) is 0 Å².